The Morgan fingerprint density at radius 1 is 1.09 bits per heavy atom. The molecule has 0 aromatic heterocycles. The smallest absolute Gasteiger partial charge is 0.362 e. The lowest BCUT2D eigenvalue weighted by molar-refractivity contribution is -0.166. The quantitative estimate of drug-likeness (QED) is 0.812. The molecule has 4 rings (SSSR count). The molecule has 2 aromatic rings. The molecule has 0 N–H and O–H groups in total. The fourth-order valence-corrected chi connectivity index (χ4v) is 2.83. The van der Waals surface area contributed by atoms with Crippen LogP contribution in [0.15, 0.2) is 48.5 Å². The van der Waals surface area contributed by atoms with Crippen molar-refractivity contribution in [1.29, 1.82) is 0 Å². The molecule has 2 heterocycles. The molecule has 0 radical (unpaired) electrons. The van der Waals surface area contributed by atoms with E-state index in [2.05, 4.69) is 0 Å². The predicted molar refractivity (Wildman–Crippen MR) is 84.6 cm³/mol. The molecule has 2 aliphatic heterocycles. The second kappa shape index (κ2) is 4.78. The number of carbonyl (C=O) groups excluding carboxylic acids is 1. The van der Waals surface area contributed by atoms with Crippen LogP contribution in [0.25, 0.3) is 6.08 Å². The highest BCUT2D eigenvalue weighted by molar-refractivity contribution is 5.98. The maximum atomic E-state index is 12.7. The van der Waals surface area contributed by atoms with E-state index < -0.39 is 5.91 Å². The number of hydrogen-bond acceptors (Lipinski definition) is 4. The summed E-state index contributed by atoms with van der Waals surface area (Å²) in [6, 6.07) is 12.7. The van der Waals surface area contributed by atoms with Gasteiger partial charge in [-0.1, -0.05) is 24.3 Å². The summed E-state index contributed by atoms with van der Waals surface area (Å²) in [5, 5.41) is 0. The number of carbonyl (C=O) groups is 1. The number of methoxy groups -OCH3 is 1. The second-order valence-electron chi connectivity index (χ2n) is 5.41. The van der Waals surface area contributed by atoms with E-state index in [0.717, 1.165) is 5.56 Å². The first-order valence-electron chi connectivity index (χ1n) is 7.26. The molecule has 1 amide bonds. The Labute approximate surface area is 133 Å². The molecule has 0 fully saturated rings. The van der Waals surface area contributed by atoms with Crippen LogP contribution in [0.1, 0.15) is 15.9 Å². The zero-order valence-electron chi connectivity index (χ0n) is 12.8. The number of para-hydroxylation sites is 2. The fraction of sp³-hybridized carbons (Fsp3) is 0.167. The summed E-state index contributed by atoms with van der Waals surface area (Å²) in [5.41, 5.74) is 1.39. The molecular formula is C18H15NO4. The Hall–Kier alpha value is -2.95. The van der Waals surface area contributed by atoms with Gasteiger partial charge in [0.25, 0.3) is 5.91 Å². The van der Waals surface area contributed by atoms with Crippen LogP contribution in [-0.4, -0.2) is 30.9 Å². The van der Waals surface area contributed by atoms with Gasteiger partial charge in [-0.05, 0) is 24.3 Å². The van der Waals surface area contributed by atoms with Gasteiger partial charge < -0.3 is 14.2 Å². The van der Waals surface area contributed by atoms with E-state index in [9.17, 15) is 4.79 Å². The minimum absolute atomic E-state index is 0.158. The van der Waals surface area contributed by atoms with E-state index in [0.29, 0.717) is 22.8 Å². The molecule has 0 saturated heterocycles. The van der Waals surface area contributed by atoms with Crippen molar-refractivity contribution in [1.82, 2.24) is 4.90 Å². The zero-order valence-corrected chi connectivity index (χ0v) is 12.8. The van der Waals surface area contributed by atoms with Crippen molar-refractivity contribution in [3.8, 4) is 17.2 Å². The molecule has 5 heteroatoms. The van der Waals surface area contributed by atoms with Gasteiger partial charge in [-0.2, -0.15) is 0 Å². The van der Waals surface area contributed by atoms with Crippen molar-refractivity contribution in [3.63, 3.8) is 0 Å². The van der Waals surface area contributed by atoms with E-state index in [-0.39, 0.29) is 5.91 Å². The minimum atomic E-state index is -1.31. The molecule has 23 heavy (non-hydrogen) atoms. The van der Waals surface area contributed by atoms with Crippen LogP contribution in [0.2, 0.25) is 0 Å². The topological polar surface area (TPSA) is 48.0 Å². The SMILES string of the molecule is COc1cccc2c1OC1(C=C2)Oc2ccccc2C(=O)N1C. The number of ether oxygens (including phenoxy) is 3. The lowest BCUT2D eigenvalue weighted by atomic mass is 10.1. The monoisotopic (exact) mass is 309 g/mol. The average molecular weight is 309 g/mol. The number of nitrogens with zero attached hydrogens (tertiary/aromatic N) is 1. The number of hydrogen-bond donors (Lipinski definition) is 0. The minimum Gasteiger partial charge on any atom is -0.493 e. The Bertz CT molecular complexity index is 830. The van der Waals surface area contributed by atoms with Gasteiger partial charge in [-0.3, -0.25) is 9.69 Å². The van der Waals surface area contributed by atoms with Crippen LogP contribution in [0.3, 0.4) is 0 Å². The highest BCUT2D eigenvalue weighted by Crippen LogP contribution is 2.43. The summed E-state index contributed by atoms with van der Waals surface area (Å²) in [7, 11) is 3.24. The Morgan fingerprint density at radius 2 is 1.91 bits per heavy atom. The van der Waals surface area contributed by atoms with E-state index in [1.165, 1.54) is 4.90 Å². The summed E-state index contributed by atoms with van der Waals surface area (Å²) >= 11 is 0. The van der Waals surface area contributed by atoms with Crippen molar-refractivity contribution in [2.45, 2.75) is 5.91 Å². The molecule has 116 valence electrons. The van der Waals surface area contributed by atoms with Crippen LogP contribution in [0, 0.1) is 0 Å². The van der Waals surface area contributed by atoms with Crippen molar-refractivity contribution in [2.24, 2.45) is 0 Å². The maximum Gasteiger partial charge on any atom is 0.362 e. The van der Waals surface area contributed by atoms with Crippen LogP contribution in [0.5, 0.6) is 17.2 Å². The van der Waals surface area contributed by atoms with Crippen LogP contribution >= 0.6 is 0 Å². The highest BCUT2D eigenvalue weighted by atomic mass is 16.7. The largest absolute Gasteiger partial charge is 0.493 e. The molecule has 2 aliphatic rings. The van der Waals surface area contributed by atoms with Crippen molar-refractivity contribution < 1.29 is 19.0 Å². The number of rotatable bonds is 1. The first kappa shape index (κ1) is 13.7. The van der Waals surface area contributed by atoms with E-state index in [1.807, 2.05) is 36.4 Å². The van der Waals surface area contributed by atoms with Gasteiger partial charge in [0.1, 0.15) is 5.75 Å². The Morgan fingerprint density at radius 3 is 2.74 bits per heavy atom. The maximum absolute atomic E-state index is 12.7. The van der Waals surface area contributed by atoms with Gasteiger partial charge in [0.2, 0.25) is 0 Å². The molecule has 0 aliphatic carbocycles. The predicted octanol–water partition coefficient (Wildman–Crippen LogP) is 2.92. The lowest BCUT2D eigenvalue weighted by Crippen LogP contribution is -2.60. The first-order chi connectivity index (χ1) is 11.1. The molecule has 1 unspecified atom stereocenters. The summed E-state index contributed by atoms with van der Waals surface area (Å²) in [5.74, 6) is 0.173. The van der Waals surface area contributed by atoms with Gasteiger partial charge in [-0.15, -0.1) is 0 Å². The Kier molecular flexibility index (Phi) is 2.84. The van der Waals surface area contributed by atoms with E-state index >= 15 is 0 Å². The summed E-state index contributed by atoms with van der Waals surface area (Å²) in [6.07, 6.45) is 3.61. The number of benzene rings is 2. The molecular weight excluding hydrogens is 294 g/mol. The summed E-state index contributed by atoms with van der Waals surface area (Å²) in [4.78, 5) is 14.1. The third kappa shape index (κ3) is 1.90. The summed E-state index contributed by atoms with van der Waals surface area (Å²) in [6.45, 7) is 0. The van der Waals surface area contributed by atoms with Gasteiger partial charge in [0.15, 0.2) is 11.5 Å². The van der Waals surface area contributed by atoms with Crippen LogP contribution < -0.4 is 14.2 Å². The molecule has 2 aromatic carbocycles. The number of fused-ring (bicyclic) bond motifs is 2. The third-order valence-corrected chi connectivity index (χ3v) is 4.10. The molecule has 1 atom stereocenters. The first-order valence-corrected chi connectivity index (χ1v) is 7.26. The van der Waals surface area contributed by atoms with Crippen molar-refractivity contribution in [3.05, 3.63) is 59.7 Å². The molecule has 1 spiro atoms. The van der Waals surface area contributed by atoms with E-state index in [1.54, 1.807) is 32.4 Å². The van der Waals surface area contributed by atoms with Crippen LogP contribution in [-0.2, 0) is 0 Å². The van der Waals surface area contributed by atoms with Gasteiger partial charge in [0.05, 0.1) is 12.7 Å². The zero-order chi connectivity index (χ0) is 16.0. The van der Waals surface area contributed by atoms with Crippen LogP contribution in [0.4, 0.5) is 0 Å². The van der Waals surface area contributed by atoms with Gasteiger partial charge in [-0.25, -0.2) is 0 Å². The summed E-state index contributed by atoms with van der Waals surface area (Å²) < 4.78 is 17.5. The van der Waals surface area contributed by atoms with Gasteiger partial charge >= 0.3 is 5.91 Å². The van der Waals surface area contributed by atoms with Gasteiger partial charge in [0, 0.05) is 18.7 Å². The average Bonchev–Trinajstić information content (AvgIpc) is 2.59. The highest BCUT2D eigenvalue weighted by Gasteiger charge is 2.48. The normalized spacial score (nSPS) is 21.3. The number of likely N-dealkylation sites (N-methyl/N-ethyl adjacent to an activating group) is 1. The molecule has 0 saturated carbocycles. The third-order valence-electron chi connectivity index (χ3n) is 4.10. The number of amides is 1. The van der Waals surface area contributed by atoms with Crippen molar-refractivity contribution in [2.75, 3.05) is 14.2 Å². The molecule has 0 bridgehead atoms. The second-order valence-corrected chi connectivity index (χ2v) is 5.41. The Balaban J connectivity index is 1.83. The molecule has 5 nitrogen and oxygen atoms in total. The van der Waals surface area contributed by atoms with Crippen molar-refractivity contribution >= 4 is 12.0 Å². The lowest BCUT2D eigenvalue weighted by Gasteiger charge is -2.43. The standard InChI is InChI=1S/C18H15NO4/c1-19-17(20)13-7-3-4-8-14(13)22-18(19)11-10-12-6-5-9-15(21-2)16(12)23-18/h3-11H,1-2H3. The fourth-order valence-electron chi connectivity index (χ4n) is 2.83. The van der Waals surface area contributed by atoms with E-state index in [4.69, 9.17) is 14.2 Å².